The summed E-state index contributed by atoms with van der Waals surface area (Å²) in [5, 5.41) is 0.539. The second-order valence-electron chi connectivity index (χ2n) is 4.87. The van der Waals surface area contributed by atoms with Crippen LogP contribution in [0.1, 0.15) is 13.3 Å². The van der Waals surface area contributed by atoms with Gasteiger partial charge in [0.25, 0.3) is 0 Å². The topological polar surface area (TPSA) is 63.4 Å². The van der Waals surface area contributed by atoms with E-state index in [4.69, 9.17) is 28.9 Å². The molecule has 2 unspecified atom stereocenters. The van der Waals surface area contributed by atoms with Crippen LogP contribution in [0.15, 0.2) is 23.1 Å². The predicted octanol–water partition coefficient (Wildman–Crippen LogP) is 2.35. The van der Waals surface area contributed by atoms with Crippen LogP contribution < -0.4 is 5.73 Å². The third-order valence-corrected chi connectivity index (χ3v) is 6.03. The number of sulfonamides is 1. The molecule has 7 heteroatoms. The maximum Gasteiger partial charge on any atom is 0.244 e. The fourth-order valence-electron chi connectivity index (χ4n) is 2.16. The van der Waals surface area contributed by atoms with Gasteiger partial charge in [0, 0.05) is 24.2 Å². The predicted molar refractivity (Wildman–Crippen MR) is 77.0 cm³/mol. The molecule has 0 spiro atoms. The van der Waals surface area contributed by atoms with Gasteiger partial charge in [-0.3, -0.25) is 0 Å². The van der Waals surface area contributed by atoms with Gasteiger partial charge in [0.05, 0.1) is 5.02 Å². The van der Waals surface area contributed by atoms with Crippen molar-refractivity contribution < 1.29 is 8.42 Å². The van der Waals surface area contributed by atoms with Crippen LogP contribution in [0.25, 0.3) is 0 Å². The van der Waals surface area contributed by atoms with Crippen molar-refractivity contribution in [1.82, 2.24) is 4.31 Å². The fraction of sp³-hybridized carbons (Fsp3) is 0.500. The molecule has 1 heterocycles. The van der Waals surface area contributed by atoms with E-state index in [2.05, 4.69) is 0 Å². The van der Waals surface area contributed by atoms with Gasteiger partial charge in [0.15, 0.2) is 0 Å². The maximum atomic E-state index is 12.6. The van der Waals surface area contributed by atoms with E-state index in [1.54, 1.807) is 6.07 Å². The van der Waals surface area contributed by atoms with Crippen LogP contribution in [-0.2, 0) is 10.0 Å². The van der Waals surface area contributed by atoms with Crippen molar-refractivity contribution in [2.24, 2.45) is 11.7 Å². The molecule has 2 atom stereocenters. The molecule has 19 heavy (non-hydrogen) atoms. The summed E-state index contributed by atoms with van der Waals surface area (Å²) < 4.78 is 26.5. The smallest absolute Gasteiger partial charge is 0.244 e. The molecule has 4 nitrogen and oxygen atoms in total. The van der Waals surface area contributed by atoms with E-state index in [1.807, 2.05) is 6.92 Å². The third-order valence-electron chi connectivity index (χ3n) is 3.45. The number of hydrogen-bond donors (Lipinski definition) is 1. The second kappa shape index (κ2) is 5.58. The van der Waals surface area contributed by atoms with Gasteiger partial charge >= 0.3 is 0 Å². The Morgan fingerprint density at radius 2 is 2.05 bits per heavy atom. The summed E-state index contributed by atoms with van der Waals surface area (Å²) in [7, 11) is -3.61. The number of nitrogens with two attached hydrogens (primary N) is 1. The molecule has 0 aliphatic carbocycles. The zero-order chi connectivity index (χ0) is 14.2. The Kier molecular flexibility index (Phi) is 4.42. The molecule has 1 aromatic carbocycles. The molecule has 0 radical (unpaired) electrons. The summed E-state index contributed by atoms with van der Waals surface area (Å²) >= 11 is 11.8. The highest BCUT2D eigenvalue weighted by molar-refractivity contribution is 7.89. The Labute approximate surface area is 123 Å². The van der Waals surface area contributed by atoms with Crippen LogP contribution in [-0.4, -0.2) is 31.9 Å². The van der Waals surface area contributed by atoms with Gasteiger partial charge in [-0.1, -0.05) is 30.1 Å². The third kappa shape index (κ3) is 3.06. The van der Waals surface area contributed by atoms with Gasteiger partial charge in [0.1, 0.15) is 4.90 Å². The highest BCUT2D eigenvalue weighted by Gasteiger charge is 2.33. The SMILES string of the molecule is CC1CN(S(=O)(=O)c2cc(Cl)ccc2Cl)CCC1N. The Morgan fingerprint density at radius 1 is 1.37 bits per heavy atom. The van der Waals surface area contributed by atoms with Gasteiger partial charge < -0.3 is 5.73 Å². The summed E-state index contributed by atoms with van der Waals surface area (Å²) in [5.74, 6) is 0.126. The second-order valence-corrected chi connectivity index (χ2v) is 7.62. The van der Waals surface area contributed by atoms with Crippen LogP contribution in [0.5, 0.6) is 0 Å². The molecule has 2 rings (SSSR count). The maximum absolute atomic E-state index is 12.6. The molecule has 1 fully saturated rings. The van der Waals surface area contributed by atoms with E-state index in [0.29, 0.717) is 24.5 Å². The Morgan fingerprint density at radius 3 is 2.68 bits per heavy atom. The fourth-order valence-corrected chi connectivity index (χ4v) is 4.45. The average molecular weight is 323 g/mol. The molecular formula is C12H16Cl2N2O2S. The largest absolute Gasteiger partial charge is 0.327 e. The molecule has 1 aliphatic rings. The van der Waals surface area contributed by atoms with Crippen LogP contribution in [0.4, 0.5) is 0 Å². The molecule has 1 aromatic rings. The van der Waals surface area contributed by atoms with Gasteiger partial charge in [-0.15, -0.1) is 0 Å². The Balaban J connectivity index is 2.35. The zero-order valence-electron chi connectivity index (χ0n) is 10.5. The molecule has 106 valence electrons. The lowest BCUT2D eigenvalue weighted by Crippen LogP contribution is -2.48. The first-order chi connectivity index (χ1) is 8.82. The number of piperidine rings is 1. The van der Waals surface area contributed by atoms with E-state index < -0.39 is 10.0 Å². The molecular weight excluding hydrogens is 307 g/mol. The monoisotopic (exact) mass is 322 g/mol. The van der Waals surface area contributed by atoms with E-state index in [0.717, 1.165) is 0 Å². The van der Waals surface area contributed by atoms with Gasteiger partial charge in [-0.25, -0.2) is 8.42 Å². The van der Waals surface area contributed by atoms with E-state index in [-0.39, 0.29) is 21.9 Å². The lowest BCUT2D eigenvalue weighted by Gasteiger charge is -2.34. The number of halogens is 2. The van der Waals surface area contributed by atoms with Crippen molar-refractivity contribution >= 4 is 33.2 Å². The van der Waals surface area contributed by atoms with E-state index >= 15 is 0 Å². The molecule has 2 N–H and O–H groups in total. The first-order valence-corrected chi connectivity index (χ1v) is 8.22. The number of benzene rings is 1. The van der Waals surface area contributed by atoms with Crippen molar-refractivity contribution in [2.45, 2.75) is 24.3 Å². The highest BCUT2D eigenvalue weighted by Crippen LogP contribution is 2.29. The summed E-state index contributed by atoms with van der Waals surface area (Å²) in [5.41, 5.74) is 5.91. The van der Waals surface area contributed by atoms with Crippen LogP contribution in [0, 0.1) is 5.92 Å². The van der Waals surface area contributed by atoms with Crippen LogP contribution in [0.3, 0.4) is 0 Å². The van der Waals surface area contributed by atoms with Crippen LogP contribution >= 0.6 is 23.2 Å². The minimum atomic E-state index is -3.61. The standard InChI is InChI=1S/C12H16Cl2N2O2S/c1-8-7-16(5-4-11(8)15)19(17,18)12-6-9(13)2-3-10(12)14/h2-3,6,8,11H,4-5,7,15H2,1H3. The first kappa shape index (κ1) is 15.1. The first-order valence-electron chi connectivity index (χ1n) is 6.03. The van der Waals surface area contributed by atoms with Crippen molar-refractivity contribution in [3.63, 3.8) is 0 Å². The zero-order valence-corrected chi connectivity index (χ0v) is 12.8. The van der Waals surface area contributed by atoms with E-state index in [1.165, 1.54) is 16.4 Å². The molecule has 1 aliphatic heterocycles. The normalized spacial score (nSPS) is 25.5. The number of hydrogen-bond acceptors (Lipinski definition) is 3. The molecule has 0 bridgehead atoms. The van der Waals surface area contributed by atoms with Crippen molar-refractivity contribution in [2.75, 3.05) is 13.1 Å². The highest BCUT2D eigenvalue weighted by atomic mass is 35.5. The van der Waals surface area contributed by atoms with E-state index in [9.17, 15) is 8.42 Å². The Bertz CT molecular complexity index is 577. The average Bonchev–Trinajstić information content (AvgIpc) is 2.35. The summed E-state index contributed by atoms with van der Waals surface area (Å²) in [4.78, 5) is 0.0596. The molecule has 0 saturated carbocycles. The molecule has 1 saturated heterocycles. The van der Waals surface area contributed by atoms with Crippen molar-refractivity contribution in [1.29, 1.82) is 0 Å². The summed E-state index contributed by atoms with van der Waals surface area (Å²) in [6.45, 7) is 2.77. The summed E-state index contributed by atoms with van der Waals surface area (Å²) in [6.07, 6.45) is 0.651. The van der Waals surface area contributed by atoms with Gasteiger partial charge in [0.2, 0.25) is 10.0 Å². The minimum absolute atomic E-state index is 0.0429. The molecule has 0 aromatic heterocycles. The minimum Gasteiger partial charge on any atom is -0.327 e. The summed E-state index contributed by atoms with van der Waals surface area (Å²) in [6, 6.07) is 4.49. The van der Waals surface area contributed by atoms with Crippen molar-refractivity contribution in [3.05, 3.63) is 28.2 Å². The number of nitrogens with zero attached hydrogens (tertiary/aromatic N) is 1. The quantitative estimate of drug-likeness (QED) is 0.909. The van der Waals surface area contributed by atoms with Crippen molar-refractivity contribution in [3.8, 4) is 0 Å². The van der Waals surface area contributed by atoms with Gasteiger partial charge in [-0.05, 0) is 30.5 Å². The Hall–Kier alpha value is -0.330. The van der Waals surface area contributed by atoms with Gasteiger partial charge in [-0.2, -0.15) is 4.31 Å². The lowest BCUT2D eigenvalue weighted by molar-refractivity contribution is 0.250. The molecule has 0 amide bonds. The lowest BCUT2D eigenvalue weighted by atomic mass is 9.96. The number of rotatable bonds is 2. The van der Waals surface area contributed by atoms with Crippen LogP contribution in [0.2, 0.25) is 10.0 Å².